The standard InChI is InChI=1S/C16H21N3OS/c1-21-15-6-2-4-12(8-15)16(13-5-3-7-20-11-13)19-10-14(17)9-18-19/h2,4,6,8-10,13,16H,3,5,7,11,17H2,1H3. The van der Waals surface area contributed by atoms with Crippen LogP contribution in [0.4, 0.5) is 5.69 Å². The van der Waals surface area contributed by atoms with Crippen molar-refractivity contribution >= 4 is 17.4 Å². The third kappa shape index (κ3) is 3.24. The predicted molar refractivity (Wildman–Crippen MR) is 86.5 cm³/mol. The van der Waals surface area contributed by atoms with Crippen molar-refractivity contribution in [2.24, 2.45) is 5.92 Å². The van der Waals surface area contributed by atoms with E-state index in [2.05, 4.69) is 35.6 Å². The molecular weight excluding hydrogens is 282 g/mol. The molecule has 2 unspecified atom stereocenters. The number of nitrogen functional groups attached to an aromatic ring is 1. The molecule has 5 heteroatoms. The monoisotopic (exact) mass is 303 g/mol. The van der Waals surface area contributed by atoms with Crippen molar-refractivity contribution in [3.05, 3.63) is 42.2 Å². The van der Waals surface area contributed by atoms with Gasteiger partial charge in [0.2, 0.25) is 0 Å². The molecule has 1 aromatic carbocycles. The van der Waals surface area contributed by atoms with Gasteiger partial charge in [-0.1, -0.05) is 12.1 Å². The van der Waals surface area contributed by atoms with Gasteiger partial charge in [0.1, 0.15) is 0 Å². The molecule has 0 bridgehead atoms. The lowest BCUT2D eigenvalue weighted by molar-refractivity contribution is 0.0379. The molecule has 112 valence electrons. The van der Waals surface area contributed by atoms with Crippen LogP contribution in [0, 0.1) is 5.92 Å². The molecule has 2 aromatic rings. The largest absolute Gasteiger partial charge is 0.396 e. The molecule has 0 spiro atoms. The van der Waals surface area contributed by atoms with Gasteiger partial charge in [-0.25, -0.2) is 0 Å². The number of thioether (sulfide) groups is 1. The molecule has 2 N–H and O–H groups in total. The van der Waals surface area contributed by atoms with Gasteiger partial charge in [-0.15, -0.1) is 11.8 Å². The fraction of sp³-hybridized carbons (Fsp3) is 0.438. The lowest BCUT2D eigenvalue weighted by Crippen LogP contribution is -2.28. The van der Waals surface area contributed by atoms with Gasteiger partial charge in [0.05, 0.1) is 24.5 Å². The van der Waals surface area contributed by atoms with Crippen molar-refractivity contribution in [3.8, 4) is 0 Å². The quantitative estimate of drug-likeness (QED) is 0.881. The van der Waals surface area contributed by atoms with Crippen molar-refractivity contribution in [2.75, 3.05) is 25.2 Å². The maximum Gasteiger partial charge on any atom is 0.0819 e. The Bertz CT molecular complexity index is 593. The molecule has 1 fully saturated rings. The van der Waals surface area contributed by atoms with Crippen molar-refractivity contribution in [3.63, 3.8) is 0 Å². The molecule has 1 aliphatic heterocycles. The predicted octanol–water partition coefficient (Wildman–Crippen LogP) is 3.20. The third-order valence-electron chi connectivity index (χ3n) is 3.98. The first-order chi connectivity index (χ1) is 10.3. The number of ether oxygens (including phenoxy) is 1. The number of nitrogens with zero attached hydrogens (tertiary/aromatic N) is 2. The average Bonchev–Trinajstić information content (AvgIpc) is 2.95. The zero-order valence-electron chi connectivity index (χ0n) is 12.2. The summed E-state index contributed by atoms with van der Waals surface area (Å²) in [6, 6.07) is 8.87. The summed E-state index contributed by atoms with van der Waals surface area (Å²) in [6.07, 6.45) is 8.01. The van der Waals surface area contributed by atoms with E-state index >= 15 is 0 Å². The second kappa shape index (κ2) is 6.54. The van der Waals surface area contributed by atoms with Crippen molar-refractivity contribution in [1.82, 2.24) is 9.78 Å². The van der Waals surface area contributed by atoms with Gasteiger partial charge in [0.15, 0.2) is 0 Å². The maximum atomic E-state index is 5.86. The summed E-state index contributed by atoms with van der Waals surface area (Å²) in [6.45, 7) is 1.66. The summed E-state index contributed by atoms with van der Waals surface area (Å²) in [5.41, 5.74) is 7.85. The van der Waals surface area contributed by atoms with E-state index in [0.717, 1.165) is 26.1 Å². The minimum atomic E-state index is 0.190. The highest BCUT2D eigenvalue weighted by molar-refractivity contribution is 7.98. The normalized spacial score (nSPS) is 20.3. The molecule has 4 nitrogen and oxygen atoms in total. The molecule has 0 aliphatic carbocycles. The van der Waals surface area contributed by atoms with Crippen LogP contribution in [0.3, 0.4) is 0 Å². The lowest BCUT2D eigenvalue weighted by atomic mass is 9.89. The van der Waals surface area contributed by atoms with Crippen molar-refractivity contribution < 1.29 is 4.74 Å². The zero-order chi connectivity index (χ0) is 14.7. The third-order valence-corrected chi connectivity index (χ3v) is 4.71. The molecule has 2 heterocycles. The van der Waals surface area contributed by atoms with Crippen LogP contribution in [0.2, 0.25) is 0 Å². The molecule has 0 radical (unpaired) electrons. The molecule has 21 heavy (non-hydrogen) atoms. The summed E-state index contributed by atoms with van der Waals surface area (Å²) in [5.74, 6) is 0.440. The van der Waals surface area contributed by atoms with Crippen LogP contribution in [-0.4, -0.2) is 29.3 Å². The number of anilines is 1. The number of nitrogens with two attached hydrogens (primary N) is 1. The van der Waals surface area contributed by atoms with E-state index in [0.29, 0.717) is 11.6 Å². The summed E-state index contributed by atoms with van der Waals surface area (Å²) in [4.78, 5) is 1.27. The van der Waals surface area contributed by atoms with Gasteiger partial charge in [0, 0.05) is 23.6 Å². The number of rotatable bonds is 4. The molecule has 2 atom stereocenters. The zero-order valence-corrected chi connectivity index (χ0v) is 13.1. The number of benzene rings is 1. The van der Waals surface area contributed by atoms with E-state index in [1.165, 1.54) is 10.5 Å². The molecule has 3 rings (SSSR count). The minimum absolute atomic E-state index is 0.190. The lowest BCUT2D eigenvalue weighted by Gasteiger charge is -2.31. The van der Waals surface area contributed by atoms with Crippen LogP contribution in [0.15, 0.2) is 41.6 Å². The van der Waals surface area contributed by atoms with Crippen molar-refractivity contribution in [1.29, 1.82) is 0 Å². The van der Waals surface area contributed by atoms with E-state index in [1.54, 1.807) is 18.0 Å². The molecule has 0 amide bonds. The first kappa shape index (κ1) is 14.5. The van der Waals surface area contributed by atoms with Crippen LogP contribution in [0.1, 0.15) is 24.4 Å². The van der Waals surface area contributed by atoms with Crippen LogP contribution >= 0.6 is 11.8 Å². The summed E-state index contributed by atoms with van der Waals surface area (Å²) < 4.78 is 7.69. The molecular formula is C16H21N3OS. The Hall–Kier alpha value is -1.46. The Kier molecular flexibility index (Phi) is 4.51. The van der Waals surface area contributed by atoms with E-state index in [9.17, 15) is 0 Å². The first-order valence-electron chi connectivity index (χ1n) is 7.29. The van der Waals surface area contributed by atoms with Crippen LogP contribution in [0.25, 0.3) is 0 Å². The van der Waals surface area contributed by atoms with Gasteiger partial charge in [0.25, 0.3) is 0 Å². The topological polar surface area (TPSA) is 53.1 Å². The second-order valence-corrected chi connectivity index (χ2v) is 6.33. The fourth-order valence-corrected chi connectivity index (χ4v) is 3.45. The number of hydrogen-bond donors (Lipinski definition) is 1. The molecule has 1 saturated heterocycles. The van der Waals surface area contributed by atoms with Gasteiger partial charge in [-0.05, 0) is 36.8 Å². The SMILES string of the molecule is CSc1cccc(C(C2CCCOC2)n2cc(N)cn2)c1. The van der Waals surface area contributed by atoms with E-state index in [4.69, 9.17) is 10.5 Å². The Morgan fingerprint density at radius 3 is 3.05 bits per heavy atom. The number of aromatic nitrogens is 2. The van der Waals surface area contributed by atoms with Crippen molar-refractivity contribution in [2.45, 2.75) is 23.8 Å². The first-order valence-corrected chi connectivity index (χ1v) is 8.51. The van der Waals surface area contributed by atoms with Gasteiger partial charge >= 0.3 is 0 Å². The minimum Gasteiger partial charge on any atom is -0.396 e. The van der Waals surface area contributed by atoms with Gasteiger partial charge < -0.3 is 10.5 Å². The fourth-order valence-electron chi connectivity index (χ4n) is 2.99. The number of hydrogen-bond acceptors (Lipinski definition) is 4. The highest BCUT2D eigenvalue weighted by atomic mass is 32.2. The molecule has 0 saturated carbocycles. The average molecular weight is 303 g/mol. The van der Waals surface area contributed by atoms with E-state index < -0.39 is 0 Å². The van der Waals surface area contributed by atoms with E-state index in [-0.39, 0.29) is 6.04 Å². The smallest absolute Gasteiger partial charge is 0.0819 e. The summed E-state index contributed by atoms with van der Waals surface area (Å²) in [5, 5.41) is 4.45. The second-order valence-electron chi connectivity index (χ2n) is 5.45. The van der Waals surface area contributed by atoms with E-state index in [1.807, 2.05) is 10.9 Å². The highest BCUT2D eigenvalue weighted by Gasteiger charge is 2.28. The van der Waals surface area contributed by atoms with Gasteiger partial charge in [-0.3, -0.25) is 4.68 Å². The highest BCUT2D eigenvalue weighted by Crippen LogP contribution is 2.33. The maximum absolute atomic E-state index is 5.86. The Labute approximate surface area is 129 Å². The Morgan fingerprint density at radius 1 is 1.48 bits per heavy atom. The summed E-state index contributed by atoms with van der Waals surface area (Å²) >= 11 is 1.76. The van der Waals surface area contributed by atoms with Crippen LogP contribution in [0.5, 0.6) is 0 Å². The molecule has 1 aliphatic rings. The van der Waals surface area contributed by atoms with Crippen LogP contribution < -0.4 is 5.73 Å². The molecule has 1 aromatic heterocycles. The Morgan fingerprint density at radius 2 is 2.38 bits per heavy atom. The van der Waals surface area contributed by atoms with Crippen LogP contribution in [-0.2, 0) is 4.74 Å². The Balaban J connectivity index is 1.97. The summed E-state index contributed by atoms with van der Waals surface area (Å²) in [7, 11) is 0. The van der Waals surface area contributed by atoms with Gasteiger partial charge in [-0.2, -0.15) is 5.10 Å².